The van der Waals surface area contributed by atoms with Crippen LogP contribution >= 0.6 is 0 Å². The van der Waals surface area contributed by atoms with Gasteiger partial charge in [-0.25, -0.2) is 0 Å². The minimum absolute atomic E-state index is 0.0779. The monoisotopic (exact) mass is 342 g/mol. The molecule has 2 saturated heterocycles. The summed E-state index contributed by atoms with van der Waals surface area (Å²) < 4.78 is 17.8. The van der Waals surface area contributed by atoms with Gasteiger partial charge < -0.3 is 14.2 Å². The molecule has 0 amide bonds. The zero-order chi connectivity index (χ0) is 17.4. The number of morpholine rings is 2. The highest BCUT2D eigenvalue weighted by Gasteiger charge is 2.32. The van der Waals surface area contributed by atoms with Crippen molar-refractivity contribution in [1.82, 2.24) is 9.80 Å². The lowest BCUT2D eigenvalue weighted by atomic mass is 9.81. The third kappa shape index (κ3) is 6.26. The Balaban J connectivity index is 1.78. The maximum absolute atomic E-state index is 6.41. The van der Waals surface area contributed by atoms with Gasteiger partial charge in [0, 0.05) is 39.3 Å². The first kappa shape index (κ1) is 20.1. The van der Waals surface area contributed by atoms with Gasteiger partial charge in [0.25, 0.3) is 0 Å². The van der Waals surface area contributed by atoms with Gasteiger partial charge in [-0.1, -0.05) is 34.1 Å². The van der Waals surface area contributed by atoms with Crippen molar-refractivity contribution in [2.45, 2.75) is 59.4 Å². The molecule has 0 saturated carbocycles. The summed E-state index contributed by atoms with van der Waals surface area (Å²) in [4.78, 5) is 4.99. The molecule has 0 bridgehead atoms. The Morgan fingerprint density at radius 1 is 1.04 bits per heavy atom. The quantitative estimate of drug-likeness (QED) is 0.643. The summed E-state index contributed by atoms with van der Waals surface area (Å²) in [6.07, 6.45) is 3.59. The zero-order valence-electron chi connectivity index (χ0n) is 16.3. The lowest BCUT2D eigenvalue weighted by Crippen LogP contribution is -2.49. The van der Waals surface area contributed by atoms with Crippen LogP contribution in [0.25, 0.3) is 0 Å². The molecule has 2 unspecified atom stereocenters. The first-order chi connectivity index (χ1) is 11.5. The van der Waals surface area contributed by atoms with E-state index in [-0.39, 0.29) is 17.8 Å². The third-order valence-corrected chi connectivity index (χ3v) is 5.60. The van der Waals surface area contributed by atoms with Gasteiger partial charge in [0.05, 0.1) is 25.9 Å². The number of rotatable bonds is 9. The van der Waals surface area contributed by atoms with E-state index in [0.29, 0.717) is 0 Å². The molecule has 0 radical (unpaired) electrons. The minimum atomic E-state index is -0.0779. The highest BCUT2D eigenvalue weighted by molar-refractivity contribution is 4.79. The molecule has 142 valence electrons. The molecule has 2 heterocycles. The summed E-state index contributed by atoms with van der Waals surface area (Å²) in [5.41, 5.74) is 0.204. The number of hydrogen-bond donors (Lipinski definition) is 0. The van der Waals surface area contributed by atoms with E-state index in [2.05, 4.69) is 37.5 Å². The van der Waals surface area contributed by atoms with Crippen LogP contribution in [0.4, 0.5) is 0 Å². The van der Waals surface area contributed by atoms with E-state index < -0.39 is 0 Å². The molecule has 5 heteroatoms. The molecule has 0 aromatic carbocycles. The van der Waals surface area contributed by atoms with Crippen molar-refractivity contribution in [3.8, 4) is 0 Å². The summed E-state index contributed by atoms with van der Waals surface area (Å²) in [6.45, 7) is 17.9. The third-order valence-electron chi connectivity index (χ3n) is 5.60. The van der Waals surface area contributed by atoms with E-state index in [1.165, 1.54) is 0 Å². The predicted molar refractivity (Wildman–Crippen MR) is 97.3 cm³/mol. The molecule has 0 aliphatic carbocycles. The highest BCUT2D eigenvalue weighted by Crippen LogP contribution is 2.31. The molecular formula is C19H38N2O3. The Morgan fingerprint density at radius 2 is 1.71 bits per heavy atom. The summed E-state index contributed by atoms with van der Waals surface area (Å²) in [5, 5.41) is 0. The van der Waals surface area contributed by atoms with Crippen molar-refractivity contribution >= 4 is 0 Å². The van der Waals surface area contributed by atoms with Gasteiger partial charge >= 0.3 is 0 Å². The van der Waals surface area contributed by atoms with Crippen LogP contribution in [0.3, 0.4) is 0 Å². The topological polar surface area (TPSA) is 34.2 Å². The van der Waals surface area contributed by atoms with Crippen molar-refractivity contribution in [2.75, 3.05) is 59.1 Å². The lowest BCUT2D eigenvalue weighted by molar-refractivity contribution is -0.222. The summed E-state index contributed by atoms with van der Waals surface area (Å²) in [5.74, 6) is 0. The SMILES string of the molecule is CCCC(OC1CN(CCN2CCOCC2)CCO1)C(C)(C)CC. The average molecular weight is 343 g/mol. The number of hydrogen-bond acceptors (Lipinski definition) is 5. The molecule has 2 fully saturated rings. The van der Waals surface area contributed by atoms with Crippen LogP contribution in [0.15, 0.2) is 0 Å². The maximum Gasteiger partial charge on any atom is 0.170 e. The van der Waals surface area contributed by atoms with E-state index in [4.69, 9.17) is 14.2 Å². The second-order valence-electron chi connectivity index (χ2n) is 7.81. The van der Waals surface area contributed by atoms with E-state index >= 15 is 0 Å². The molecule has 0 aromatic rings. The lowest BCUT2D eigenvalue weighted by Gasteiger charge is -2.40. The van der Waals surface area contributed by atoms with Crippen molar-refractivity contribution in [3.05, 3.63) is 0 Å². The molecule has 2 atom stereocenters. The van der Waals surface area contributed by atoms with Crippen molar-refractivity contribution in [1.29, 1.82) is 0 Å². The van der Waals surface area contributed by atoms with E-state index in [1.54, 1.807) is 0 Å². The Hall–Kier alpha value is -0.200. The van der Waals surface area contributed by atoms with Gasteiger partial charge in [-0.15, -0.1) is 0 Å². The Kier molecular flexibility index (Phi) is 8.44. The van der Waals surface area contributed by atoms with E-state index in [0.717, 1.165) is 78.4 Å². The molecule has 24 heavy (non-hydrogen) atoms. The predicted octanol–water partition coefficient (Wildman–Crippen LogP) is 2.60. The fourth-order valence-corrected chi connectivity index (χ4v) is 3.38. The molecule has 2 rings (SSSR count). The van der Waals surface area contributed by atoms with Crippen molar-refractivity contribution in [3.63, 3.8) is 0 Å². The van der Waals surface area contributed by atoms with Gasteiger partial charge in [0.15, 0.2) is 6.29 Å². The molecule has 2 aliphatic heterocycles. The Bertz CT molecular complexity index is 346. The highest BCUT2D eigenvalue weighted by atomic mass is 16.7. The van der Waals surface area contributed by atoms with Crippen LogP contribution in [0.5, 0.6) is 0 Å². The zero-order valence-corrected chi connectivity index (χ0v) is 16.3. The Morgan fingerprint density at radius 3 is 2.38 bits per heavy atom. The molecular weight excluding hydrogens is 304 g/mol. The van der Waals surface area contributed by atoms with E-state index in [9.17, 15) is 0 Å². The molecule has 2 aliphatic rings. The number of ether oxygens (including phenoxy) is 3. The smallest absolute Gasteiger partial charge is 0.170 e. The van der Waals surface area contributed by atoms with Gasteiger partial charge in [-0.2, -0.15) is 0 Å². The Labute approximate surface area is 148 Å². The van der Waals surface area contributed by atoms with Gasteiger partial charge in [-0.05, 0) is 18.3 Å². The molecule has 0 spiro atoms. The fourth-order valence-electron chi connectivity index (χ4n) is 3.38. The second kappa shape index (κ2) is 10.1. The van der Waals surface area contributed by atoms with Crippen LogP contribution in [0.1, 0.15) is 47.0 Å². The van der Waals surface area contributed by atoms with Crippen LogP contribution in [-0.2, 0) is 14.2 Å². The molecule has 0 N–H and O–H groups in total. The fraction of sp³-hybridized carbons (Fsp3) is 1.00. The van der Waals surface area contributed by atoms with Crippen LogP contribution in [-0.4, -0.2) is 81.3 Å². The summed E-state index contributed by atoms with van der Waals surface area (Å²) >= 11 is 0. The van der Waals surface area contributed by atoms with Crippen LogP contribution < -0.4 is 0 Å². The van der Waals surface area contributed by atoms with Crippen molar-refractivity contribution < 1.29 is 14.2 Å². The average Bonchev–Trinajstić information content (AvgIpc) is 2.61. The summed E-state index contributed by atoms with van der Waals surface area (Å²) in [6, 6.07) is 0. The largest absolute Gasteiger partial charge is 0.379 e. The molecule has 5 nitrogen and oxygen atoms in total. The van der Waals surface area contributed by atoms with Crippen molar-refractivity contribution in [2.24, 2.45) is 5.41 Å². The second-order valence-corrected chi connectivity index (χ2v) is 7.81. The van der Waals surface area contributed by atoms with Gasteiger partial charge in [0.1, 0.15) is 0 Å². The standard InChI is InChI=1S/C19H38N2O3/c1-5-7-17(19(3,4)6-2)24-18-16-21(12-15-23-18)9-8-20-10-13-22-14-11-20/h17-18H,5-16H2,1-4H3. The van der Waals surface area contributed by atoms with Gasteiger partial charge in [0.2, 0.25) is 0 Å². The molecule has 0 aromatic heterocycles. The first-order valence-corrected chi connectivity index (χ1v) is 9.84. The van der Waals surface area contributed by atoms with Gasteiger partial charge in [-0.3, -0.25) is 9.80 Å². The summed E-state index contributed by atoms with van der Waals surface area (Å²) in [7, 11) is 0. The maximum atomic E-state index is 6.41. The van der Waals surface area contributed by atoms with E-state index in [1.807, 2.05) is 0 Å². The van der Waals surface area contributed by atoms with Crippen LogP contribution in [0.2, 0.25) is 0 Å². The normalized spacial score (nSPS) is 25.8. The minimum Gasteiger partial charge on any atom is -0.379 e. The van der Waals surface area contributed by atoms with Crippen LogP contribution in [0, 0.1) is 5.41 Å². The number of nitrogens with zero attached hydrogens (tertiary/aromatic N) is 2. The first-order valence-electron chi connectivity index (χ1n) is 9.84.